The predicted octanol–water partition coefficient (Wildman–Crippen LogP) is 5.24. The van der Waals surface area contributed by atoms with Gasteiger partial charge in [-0.1, -0.05) is 48.4 Å². The number of carbonyl (C=O) groups is 1. The summed E-state index contributed by atoms with van der Waals surface area (Å²) in [6.07, 6.45) is 4.27. The number of ether oxygens (including phenoxy) is 1. The summed E-state index contributed by atoms with van der Waals surface area (Å²) in [7, 11) is 1.66. The maximum atomic E-state index is 12.9. The van der Waals surface area contributed by atoms with Crippen LogP contribution in [0.1, 0.15) is 41.6 Å². The lowest BCUT2D eigenvalue weighted by atomic mass is 10.1. The molecule has 1 aliphatic rings. The summed E-state index contributed by atoms with van der Waals surface area (Å²) >= 11 is 0. The van der Waals surface area contributed by atoms with Crippen molar-refractivity contribution in [2.45, 2.75) is 32.6 Å². The second-order valence-electron chi connectivity index (χ2n) is 6.66. The zero-order chi connectivity index (χ0) is 18.4. The Morgan fingerprint density at radius 3 is 2.56 bits per heavy atom. The largest absolute Gasteiger partial charge is 0.495 e. The highest BCUT2D eigenvalue weighted by atomic mass is 79.9. The molecule has 5 heteroatoms. The Kier molecular flexibility index (Phi) is 8.04. The molecule has 3 rings (SSSR count). The van der Waals surface area contributed by atoms with Crippen LogP contribution in [-0.2, 0) is 0 Å². The van der Waals surface area contributed by atoms with Crippen molar-refractivity contribution in [2.24, 2.45) is 4.99 Å². The number of benzene rings is 2. The van der Waals surface area contributed by atoms with Gasteiger partial charge in [0.05, 0.1) is 19.3 Å². The maximum absolute atomic E-state index is 12.9. The number of hydrogen-bond acceptors (Lipinski definition) is 4. The lowest BCUT2D eigenvalue weighted by Crippen LogP contribution is -2.36. The molecule has 0 N–H and O–H groups in total. The molecule has 27 heavy (non-hydrogen) atoms. The zero-order valence-corrected chi connectivity index (χ0v) is 17.7. The van der Waals surface area contributed by atoms with E-state index < -0.39 is 0 Å². The predicted molar refractivity (Wildman–Crippen MR) is 117 cm³/mol. The van der Waals surface area contributed by atoms with Gasteiger partial charge in [-0.05, 0) is 31.9 Å². The van der Waals surface area contributed by atoms with E-state index >= 15 is 0 Å². The number of ketones is 1. The number of hydrogen-bond donors (Lipinski definition) is 0. The molecule has 4 nitrogen and oxygen atoms in total. The summed E-state index contributed by atoms with van der Waals surface area (Å²) in [5.74, 6) is 1.83. The van der Waals surface area contributed by atoms with E-state index in [1.165, 1.54) is 6.42 Å². The number of amidine groups is 1. The zero-order valence-electron chi connectivity index (χ0n) is 16.0. The van der Waals surface area contributed by atoms with Crippen LogP contribution in [0.5, 0.6) is 5.75 Å². The van der Waals surface area contributed by atoms with Crippen molar-refractivity contribution in [2.75, 3.05) is 25.1 Å². The number of rotatable bonds is 5. The minimum atomic E-state index is 0. The normalized spacial score (nSPS) is 13.8. The summed E-state index contributed by atoms with van der Waals surface area (Å²) in [5.41, 5.74) is 2.78. The van der Waals surface area contributed by atoms with Crippen LogP contribution in [0.3, 0.4) is 0 Å². The molecular weight excluding hydrogens is 404 g/mol. The van der Waals surface area contributed by atoms with Crippen LogP contribution in [0, 0.1) is 6.92 Å². The van der Waals surface area contributed by atoms with Crippen LogP contribution in [0.15, 0.2) is 53.5 Å². The Bertz CT molecular complexity index is 787. The van der Waals surface area contributed by atoms with Gasteiger partial charge in [0.1, 0.15) is 11.6 Å². The molecule has 0 atom stereocenters. The van der Waals surface area contributed by atoms with Gasteiger partial charge in [-0.2, -0.15) is 0 Å². The van der Waals surface area contributed by atoms with Crippen molar-refractivity contribution >= 4 is 34.3 Å². The Balaban J connectivity index is 0.00000261. The van der Waals surface area contributed by atoms with Crippen molar-refractivity contribution in [3.05, 3.63) is 59.7 Å². The van der Waals surface area contributed by atoms with Gasteiger partial charge in [0, 0.05) is 18.5 Å². The van der Waals surface area contributed by atoms with Crippen molar-refractivity contribution in [3.63, 3.8) is 0 Å². The van der Waals surface area contributed by atoms with Gasteiger partial charge in [-0.3, -0.25) is 9.79 Å². The molecule has 0 unspecified atom stereocenters. The smallest absolute Gasteiger partial charge is 0.182 e. The summed E-state index contributed by atoms with van der Waals surface area (Å²) < 4.78 is 5.54. The first-order chi connectivity index (χ1) is 12.7. The van der Waals surface area contributed by atoms with E-state index in [1.54, 1.807) is 7.11 Å². The molecule has 0 radical (unpaired) electrons. The molecule has 1 aliphatic heterocycles. The number of halogens is 1. The Morgan fingerprint density at radius 1 is 1.07 bits per heavy atom. The van der Waals surface area contributed by atoms with E-state index in [9.17, 15) is 4.79 Å². The van der Waals surface area contributed by atoms with Crippen molar-refractivity contribution in [1.29, 1.82) is 0 Å². The highest BCUT2D eigenvalue weighted by Crippen LogP contribution is 2.29. The van der Waals surface area contributed by atoms with Gasteiger partial charge < -0.3 is 9.64 Å². The number of aryl methyl sites for hydroxylation is 1. The Hall–Kier alpha value is -2.14. The van der Waals surface area contributed by atoms with Gasteiger partial charge in [0.15, 0.2) is 5.78 Å². The standard InChI is InChI=1S/C22H26N2O2.BrH/c1-17-11-13-18(14-12-17)20(25)16-24(22-10-4-3-7-15-23-22)19-8-5-6-9-21(19)26-2;/h5-6,8-9,11-14H,3-4,7,10,15-16H2,1-2H3;1H. The molecular formula is C22H27BrN2O2. The van der Waals surface area contributed by atoms with Gasteiger partial charge in [-0.25, -0.2) is 0 Å². The minimum Gasteiger partial charge on any atom is -0.495 e. The average Bonchev–Trinajstić information content (AvgIpc) is 2.96. The number of aliphatic imine (C=N–C) groups is 1. The van der Waals surface area contributed by atoms with Crippen LogP contribution < -0.4 is 9.64 Å². The van der Waals surface area contributed by atoms with E-state index in [1.807, 2.05) is 60.4 Å². The molecule has 0 fully saturated rings. The fourth-order valence-electron chi connectivity index (χ4n) is 3.22. The molecule has 0 spiro atoms. The van der Waals surface area contributed by atoms with Gasteiger partial charge in [0.25, 0.3) is 0 Å². The molecule has 0 aliphatic carbocycles. The lowest BCUT2D eigenvalue weighted by Gasteiger charge is -2.27. The van der Waals surface area contributed by atoms with E-state index in [4.69, 9.17) is 9.73 Å². The molecule has 0 saturated carbocycles. The van der Waals surface area contributed by atoms with E-state index in [-0.39, 0.29) is 29.3 Å². The molecule has 144 valence electrons. The molecule has 2 aromatic rings. The van der Waals surface area contributed by atoms with Crippen LogP contribution in [0.25, 0.3) is 0 Å². The minimum absolute atomic E-state index is 0. The molecule has 0 aromatic heterocycles. The second-order valence-corrected chi connectivity index (χ2v) is 6.66. The first-order valence-electron chi connectivity index (χ1n) is 9.23. The first-order valence-corrected chi connectivity index (χ1v) is 9.23. The number of anilines is 1. The Labute approximate surface area is 172 Å². The fourth-order valence-corrected chi connectivity index (χ4v) is 3.22. The molecule has 0 saturated heterocycles. The molecule has 0 amide bonds. The summed E-state index contributed by atoms with van der Waals surface area (Å²) in [5, 5.41) is 0. The summed E-state index contributed by atoms with van der Waals surface area (Å²) in [6.45, 7) is 3.11. The Morgan fingerprint density at radius 2 is 1.81 bits per heavy atom. The topological polar surface area (TPSA) is 41.9 Å². The third-order valence-electron chi connectivity index (χ3n) is 4.72. The quantitative estimate of drug-likeness (QED) is 0.608. The van der Waals surface area contributed by atoms with Gasteiger partial charge >= 0.3 is 0 Å². The van der Waals surface area contributed by atoms with Gasteiger partial charge in [-0.15, -0.1) is 17.0 Å². The van der Waals surface area contributed by atoms with Crippen LogP contribution in [0.4, 0.5) is 5.69 Å². The fraction of sp³-hybridized carbons (Fsp3) is 0.364. The molecule has 2 aromatic carbocycles. The number of nitrogens with zero attached hydrogens (tertiary/aromatic N) is 2. The van der Waals surface area contributed by atoms with Crippen molar-refractivity contribution in [1.82, 2.24) is 0 Å². The van der Waals surface area contributed by atoms with Gasteiger partial charge in [0.2, 0.25) is 0 Å². The summed E-state index contributed by atoms with van der Waals surface area (Å²) in [4.78, 5) is 19.7. The second kappa shape index (κ2) is 10.3. The van der Waals surface area contributed by atoms with Crippen LogP contribution in [0.2, 0.25) is 0 Å². The first kappa shape index (κ1) is 21.2. The number of Topliss-reactive ketones (excluding diaryl/α,β-unsaturated/α-hetero) is 1. The van der Waals surface area contributed by atoms with E-state index in [2.05, 4.69) is 0 Å². The number of methoxy groups -OCH3 is 1. The summed E-state index contributed by atoms with van der Waals surface area (Å²) in [6, 6.07) is 15.6. The lowest BCUT2D eigenvalue weighted by molar-refractivity contribution is 0.100. The number of carbonyl (C=O) groups excluding carboxylic acids is 1. The molecule has 0 bridgehead atoms. The van der Waals surface area contributed by atoms with Crippen molar-refractivity contribution in [3.8, 4) is 5.75 Å². The average molecular weight is 431 g/mol. The van der Waals surface area contributed by atoms with Crippen LogP contribution in [-0.4, -0.2) is 31.8 Å². The van der Waals surface area contributed by atoms with Crippen LogP contribution >= 0.6 is 17.0 Å². The van der Waals surface area contributed by atoms with E-state index in [0.717, 1.165) is 54.2 Å². The number of para-hydroxylation sites is 2. The molecule has 1 heterocycles. The highest BCUT2D eigenvalue weighted by Gasteiger charge is 2.22. The van der Waals surface area contributed by atoms with E-state index in [0.29, 0.717) is 0 Å². The maximum Gasteiger partial charge on any atom is 0.182 e. The van der Waals surface area contributed by atoms with Crippen molar-refractivity contribution < 1.29 is 9.53 Å². The SMILES string of the molecule is Br.COc1ccccc1N(CC(=O)c1ccc(C)cc1)C1=NCCCCC1. The third-order valence-corrected chi connectivity index (χ3v) is 4.72. The highest BCUT2D eigenvalue weighted by molar-refractivity contribution is 8.93. The monoisotopic (exact) mass is 430 g/mol. The third kappa shape index (κ3) is 5.42.